The molecule has 0 bridgehead atoms. The van der Waals surface area contributed by atoms with Gasteiger partial charge in [-0.15, -0.1) is 11.3 Å². The molecule has 0 atom stereocenters. The number of hydrogen-bond donors (Lipinski definition) is 0. The fourth-order valence-electron chi connectivity index (χ4n) is 4.22. The van der Waals surface area contributed by atoms with Gasteiger partial charge in [0.25, 0.3) is 0 Å². The van der Waals surface area contributed by atoms with Gasteiger partial charge < -0.3 is 4.84 Å². The number of benzene rings is 3. The fraction of sp³-hybridized carbons (Fsp3) is 0.276. The lowest BCUT2D eigenvalue weighted by Crippen LogP contribution is -2.05. The first-order chi connectivity index (χ1) is 16.7. The first-order valence-corrected chi connectivity index (χ1v) is 12.5. The van der Waals surface area contributed by atoms with E-state index in [2.05, 4.69) is 25.1 Å². The van der Waals surface area contributed by atoms with E-state index in [1.807, 2.05) is 55.5 Å². The van der Waals surface area contributed by atoms with E-state index in [4.69, 9.17) is 4.84 Å². The van der Waals surface area contributed by atoms with Crippen LogP contribution in [-0.4, -0.2) is 5.71 Å². The number of oxime groups is 1. The van der Waals surface area contributed by atoms with Crippen molar-refractivity contribution in [2.45, 2.75) is 52.3 Å². The van der Waals surface area contributed by atoms with Gasteiger partial charge in [-0.2, -0.15) is 13.2 Å². The topological polar surface area (TPSA) is 21.6 Å². The number of aryl methyl sites for hydroxylation is 2. The van der Waals surface area contributed by atoms with Crippen molar-refractivity contribution in [2.75, 3.05) is 0 Å². The van der Waals surface area contributed by atoms with Gasteiger partial charge in [-0.05, 0) is 59.9 Å². The Morgan fingerprint density at radius 2 is 1.74 bits per heavy atom. The molecule has 182 valence electrons. The lowest BCUT2D eigenvalue weighted by atomic mass is 9.95. The third-order valence-corrected chi connectivity index (χ3v) is 7.13. The average molecular weight is 496 g/mol. The van der Waals surface area contributed by atoms with E-state index in [9.17, 15) is 13.2 Å². The van der Waals surface area contributed by atoms with Crippen LogP contribution in [0.15, 0.2) is 78.0 Å². The van der Waals surface area contributed by atoms with E-state index in [-0.39, 0.29) is 5.92 Å². The van der Waals surface area contributed by atoms with Crippen molar-refractivity contribution >= 4 is 27.1 Å². The minimum atomic E-state index is -4.35. The maximum atomic E-state index is 13.3. The molecule has 0 saturated heterocycles. The summed E-state index contributed by atoms with van der Waals surface area (Å²) in [7, 11) is 0. The normalized spacial score (nSPS) is 12.5. The van der Waals surface area contributed by atoms with E-state index >= 15 is 0 Å². The second-order valence-corrected chi connectivity index (χ2v) is 10.1. The summed E-state index contributed by atoms with van der Waals surface area (Å²) >= 11 is 1.45. The maximum absolute atomic E-state index is 13.3. The Morgan fingerprint density at radius 1 is 0.971 bits per heavy atom. The molecule has 2 nitrogen and oxygen atoms in total. The minimum Gasteiger partial charge on any atom is -0.391 e. The molecular weight excluding hydrogens is 467 g/mol. The molecule has 0 amide bonds. The monoisotopic (exact) mass is 495 g/mol. The molecule has 0 aliphatic heterocycles. The number of thiophene rings is 1. The third kappa shape index (κ3) is 6.12. The third-order valence-electron chi connectivity index (χ3n) is 5.90. The summed E-state index contributed by atoms with van der Waals surface area (Å²) in [6.45, 7) is 6.58. The van der Waals surface area contributed by atoms with Crippen molar-refractivity contribution in [1.29, 1.82) is 0 Å². The van der Waals surface area contributed by atoms with Crippen molar-refractivity contribution in [3.63, 3.8) is 0 Å². The zero-order valence-corrected chi connectivity index (χ0v) is 20.8. The largest absolute Gasteiger partial charge is 0.416 e. The number of nitrogens with zero attached hydrogens (tertiary/aromatic N) is 1. The number of rotatable bonds is 8. The molecule has 0 fully saturated rings. The van der Waals surface area contributed by atoms with Crippen molar-refractivity contribution in [3.05, 3.63) is 105 Å². The Kier molecular flexibility index (Phi) is 7.60. The van der Waals surface area contributed by atoms with Gasteiger partial charge in [0.15, 0.2) is 0 Å². The van der Waals surface area contributed by atoms with Crippen LogP contribution < -0.4 is 0 Å². The summed E-state index contributed by atoms with van der Waals surface area (Å²) in [4.78, 5) is 6.82. The van der Waals surface area contributed by atoms with Crippen molar-refractivity contribution in [2.24, 2.45) is 5.16 Å². The molecule has 0 aliphatic rings. The number of fused-ring (bicyclic) bond motifs is 1. The Bertz CT molecular complexity index is 1320. The van der Waals surface area contributed by atoms with Gasteiger partial charge in [-0.3, -0.25) is 0 Å². The van der Waals surface area contributed by atoms with E-state index in [0.29, 0.717) is 24.1 Å². The Balaban J connectivity index is 1.62. The molecule has 0 radical (unpaired) electrons. The molecule has 0 aliphatic carbocycles. The van der Waals surface area contributed by atoms with Gasteiger partial charge in [0, 0.05) is 9.58 Å². The van der Waals surface area contributed by atoms with Crippen LogP contribution in [0.2, 0.25) is 0 Å². The van der Waals surface area contributed by atoms with Crippen LogP contribution in [0.5, 0.6) is 0 Å². The first-order valence-electron chi connectivity index (χ1n) is 11.6. The zero-order chi connectivity index (χ0) is 25.0. The van der Waals surface area contributed by atoms with Gasteiger partial charge in [-0.25, -0.2) is 0 Å². The number of hydrogen-bond acceptors (Lipinski definition) is 3. The van der Waals surface area contributed by atoms with Crippen molar-refractivity contribution in [1.82, 2.24) is 0 Å². The summed E-state index contributed by atoms with van der Waals surface area (Å²) in [6, 6.07) is 22.1. The average Bonchev–Trinajstić information content (AvgIpc) is 3.19. The second kappa shape index (κ2) is 10.6. The smallest absolute Gasteiger partial charge is 0.391 e. The molecular formula is C29H28F3NOS. The Morgan fingerprint density at radius 3 is 2.43 bits per heavy atom. The molecule has 4 aromatic rings. The van der Waals surface area contributed by atoms with Crippen LogP contribution in [0.3, 0.4) is 0 Å². The molecule has 6 heteroatoms. The Labute approximate surface area is 208 Å². The highest BCUT2D eigenvalue weighted by Crippen LogP contribution is 2.40. The van der Waals surface area contributed by atoms with Gasteiger partial charge in [0.1, 0.15) is 6.61 Å². The van der Waals surface area contributed by atoms with Crippen LogP contribution in [0, 0.1) is 6.92 Å². The minimum absolute atomic E-state index is 0.198. The van der Waals surface area contributed by atoms with Gasteiger partial charge >= 0.3 is 6.18 Å². The highest BCUT2D eigenvalue weighted by atomic mass is 32.1. The van der Waals surface area contributed by atoms with Crippen molar-refractivity contribution in [3.8, 4) is 0 Å². The van der Waals surface area contributed by atoms with Gasteiger partial charge in [0.05, 0.1) is 11.3 Å². The molecule has 1 aromatic heterocycles. The van der Waals surface area contributed by atoms with Crippen LogP contribution in [0.25, 0.3) is 10.1 Å². The van der Waals surface area contributed by atoms with Crippen LogP contribution in [0.4, 0.5) is 13.2 Å². The molecule has 35 heavy (non-hydrogen) atoms. The predicted molar refractivity (Wildman–Crippen MR) is 138 cm³/mol. The molecule has 0 unspecified atom stereocenters. The van der Waals surface area contributed by atoms with Crippen LogP contribution in [-0.2, 0) is 24.0 Å². The highest BCUT2D eigenvalue weighted by Gasteiger charge is 2.31. The van der Waals surface area contributed by atoms with E-state index in [1.54, 1.807) is 6.07 Å². The first kappa shape index (κ1) is 25.0. The van der Waals surface area contributed by atoms with Crippen molar-refractivity contribution < 1.29 is 18.0 Å². The van der Waals surface area contributed by atoms with E-state index < -0.39 is 11.7 Å². The number of alkyl halides is 3. The molecule has 0 N–H and O–H groups in total. The Hall–Kier alpha value is -3.12. The zero-order valence-electron chi connectivity index (χ0n) is 20.0. The summed E-state index contributed by atoms with van der Waals surface area (Å²) in [5.74, 6) is 0.198. The molecule has 1 heterocycles. The molecule has 4 rings (SSSR count). The lowest BCUT2D eigenvalue weighted by Gasteiger charge is -2.11. The molecule has 3 aromatic carbocycles. The fourth-order valence-corrected chi connectivity index (χ4v) is 5.62. The predicted octanol–water partition coefficient (Wildman–Crippen LogP) is 8.91. The standard InChI is InChI=1S/C29H28F3NOS/c1-19(2)28-24-13-12-23(29(30,31)32)17-27(24)35-26(28)15-14-25(22-11-7-8-20(3)16-22)33-34-18-21-9-5-4-6-10-21/h4-13,16-17,19H,14-15,18H2,1-3H3. The van der Waals surface area contributed by atoms with Crippen LogP contribution in [0.1, 0.15) is 58.9 Å². The second-order valence-electron chi connectivity index (χ2n) is 8.97. The summed E-state index contributed by atoms with van der Waals surface area (Å²) < 4.78 is 40.5. The summed E-state index contributed by atoms with van der Waals surface area (Å²) in [6.07, 6.45) is -3.05. The summed E-state index contributed by atoms with van der Waals surface area (Å²) in [5, 5.41) is 5.40. The highest BCUT2D eigenvalue weighted by molar-refractivity contribution is 7.19. The summed E-state index contributed by atoms with van der Waals surface area (Å²) in [5.41, 5.74) is 4.49. The maximum Gasteiger partial charge on any atom is 0.416 e. The number of halogens is 3. The van der Waals surface area contributed by atoms with Crippen LogP contribution >= 0.6 is 11.3 Å². The molecule has 0 saturated carbocycles. The quantitative estimate of drug-likeness (QED) is 0.177. The van der Waals surface area contributed by atoms with Gasteiger partial charge in [-0.1, -0.05) is 85.2 Å². The molecule has 0 spiro atoms. The SMILES string of the molecule is Cc1cccc(C(CCc2sc3cc(C(F)(F)F)ccc3c2C(C)C)=NOCc2ccccc2)c1. The van der Waals surface area contributed by atoms with Gasteiger partial charge in [0.2, 0.25) is 0 Å². The lowest BCUT2D eigenvalue weighted by molar-refractivity contribution is -0.137. The van der Waals surface area contributed by atoms with E-state index in [1.165, 1.54) is 23.5 Å². The van der Waals surface area contributed by atoms with E-state index in [0.717, 1.165) is 38.2 Å².